The first-order valence-electron chi connectivity index (χ1n) is 5.66. The first-order chi connectivity index (χ1) is 8.95. The molecule has 0 saturated heterocycles. The van der Waals surface area contributed by atoms with E-state index < -0.39 is 4.92 Å². The van der Waals surface area contributed by atoms with Gasteiger partial charge in [-0.3, -0.25) is 14.9 Å². The molecule has 0 aliphatic carbocycles. The molecule has 0 spiro atoms. The summed E-state index contributed by atoms with van der Waals surface area (Å²) in [5, 5.41) is 13.3. The van der Waals surface area contributed by atoms with Gasteiger partial charge >= 0.3 is 0 Å². The van der Waals surface area contributed by atoms with E-state index in [9.17, 15) is 14.9 Å². The molecule has 104 valence electrons. The number of hydrogen-bond acceptors (Lipinski definition) is 4. The Bertz CT molecular complexity index is 479. The van der Waals surface area contributed by atoms with Crippen molar-refractivity contribution in [1.82, 2.24) is 5.32 Å². The predicted octanol–water partition coefficient (Wildman–Crippen LogP) is 2.26. The number of ether oxygens (including phenoxy) is 1. The highest BCUT2D eigenvalue weighted by Gasteiger charge is 2.15. The summed E-state index contributed by atoms with van der Waals surface area (Å²) in [4.78, 5) is 21.8. The van der Waals surface area contributed by atoms with E-state index in [1.54, 1.807) is 7.11 Å². The van der Waals surface area contributed by atoms with Crippen molar-refractivity contribution in [2.24, 2.45) is 5.92 Å². The van der Waals surface area contributed by atoms with Crippen LogP contribution in [0.5, 0.6) is 0 Å². The molecule has 0 radical (unpaired) electrons. The number of rotatable bonds is 6. The third-order valence-electron chi connectivity index (χ3n) is 2.47. The number of carbonyl (C=O) groups is 1. The van der Waals surface area contributed by atoms with Gasteiger partial charge in [-0.05, 0) is 12.0 Å². The Morgan fingerprint density at radius 2 is 2.26 bits per heavy atom. The van der Waals surface area contributed by atoms with Crippen LogP contribution >= 0.6 is 11.6 Å². The Balaban J connectivity index is 2.70. The largest absolute Gasteiger partial charge is 0.384 e. The molecule has 0 aliphatic rings. The monoisotopic (exact) mass is 286 g/mol. The van der Waals surface area contributed by atoms with E-state index >= 15 is 0 Å². The van der Waals surface area contributed by atoms with Gasteiger partial charge in [-0.1, -0.05) is 18.5 Å². The van der Waals surface area contributed by atoms with Crippen LogP contribution in [0.4, 0.5) is 5.69 Å². The van der Waals surface area contributed by atoms with Crippen molar-refractivity contribution in [1.29, 1.82) is 0 Å². The molecule has 0 aromatic heterocycles. The average Bonchev–Trinajstić information content (AvgIpc) is 2.36. The molecule has 0 fully saturated rings. The number of non-ortho nitro benzene ring substituents is 1. The molecule has 1 amide bonds. The lowest BCUT2D eigenvalue weighted by atomic mass is 10.1. The fraction of sp³-hybridized carbons (Fsp3) is 0.417. The maximum absolute atomic E-state index is 11.8. The van der Waals surface area contributed by atoms with Crippen LogP contribution in [0, 0.1) is 16.0 Å². The molecule has 0 aliphatic heterocycles. The summed E-state index contributed by atoms with van der Waals surface area (Å²) in [5.74, 6) is -0.186. The van der Waals surface area contributed by atoms with E-state index in [1.807, 2.05) is 6.92 Å². The number of nitro benzene ring substituents is 1. The van der Waals surface area contributed by atoms with Crippen LogP contribution < -0.4 is 5.32 Å². The van der Waals surface area contributed by atoms with Gasteiger partial charge in [-0.15, -0.1) is 0 Å². The summed E-state index contributed by atoms with van der Waals surface area (Å²) in [5.41, 5.74) is 0.0752. The van der Waals surface area contributed by atoms with Crippen molar-refractivity contribution < 1.29 is 14.5 Å². The quantitative estimate of drug-likeness (QED) is 0.642. The van der Waals surface area contributed by atoms with Crippen molar-refractivity contribution in [3.8, 4) is 0 Å². The number of nitrogens with one attached hydrogen (secondary N) is 1. The summed E-state index contributed by atoms with van der Waals surface area (Å²) in [6, 6.07) is 3.76. The van der Waals surface area contributed by atoms with Crippen LogP contribution in [0.2, 0.25) is 5.02 Å². The highest BCUT2D eigenvalue weighted by atomic mass is 35.5. The lowest BCUT2D eigenvalue weighted by Gasteiger charge is -2.12. The van der Waals surface area contributed by atoms with E-state index in [4.69, 9.17) is 16.3 Å². The fourth-order valence-electron chi connectivity index (χ4n) is 1.51. The molecular weight excluding hydrogens is 272 g/mol. The van der Waals surface area contributed by atoms with Crippen LogP contribution in [0.1, 0.15) is 17.3 Å². The standard InChI is InChI=1S/C12H15ClN2O4/c1-8(7-19-2)6-14-12(16)10-4-3-9(15(17)18)5-11(10)13/h3-5,8H,6-7H2,1-2H3,(H,14,16)/t8-/m1/s1. The van der Waals surface area contributed by atoms with Gasteiger partial charge in [0.15, 0.2) is 0 Å². The summed E-state index contributed by atoms with van der Waals surface area (Å²) in [6.45, 7) is 2.91. The highest BCUT2D eigenvalue weighted by molar-refractivity contribution is 6.34. The van der Waals surface area contributed by atoms with Crippen LogP contribution in [0.25, 0.3) is 0 Å². The van der Waals surface area contributed by atoms with Gasteiger partial charge in [0.25, 0.3) is 11.6 Å². The number of nitrogens with zero attached hydrogens (tertiary/aromatic N) is 1. The molecule has 1 atom stereocenters. The number of halogens is 1. The van der Waals surface area contributed by atoms with E-state index in [0.717, 1.165) is 6.07 Å². The zero-order valence-electron chi connectivity index (χ0n) is 10.7. The second-order valence-corrected chi connectivity index (χ2v) is 4.60. The minimum atomic E-state index is -0.561. The van der Waals surface area contributed by atoms with Crippen molar-refractivity contribution in [2.45, 2.75) is 6.92 Å². The van der Waals surface area contributed by atoms with E-state index in [0.29, 0.717) is 13.2 Å². The third kappa shape index (κ3) is 4.50. The summed E-state index contributed by atoms with van der Waals surface area (Å²) >= 11 is 5.85. The highest BCUT2D eigenvalue weighted by Crippen LogP contribution is 2.22. The van der Waals surface area contributed by atoms with Crippen molar-refractivity contribution in [3.63, 3.8) is 0 Å². The van der Waals surface area contributed by atoms with Crippen LogP contribution in [-0.4, -0.2) is 31.1 Å². The Morgan fingerprint density at radius 3 is 2.79 bits per heavy atom. The number of benzene rings is 1. The molecule has 0 heterocycles. The molecule has 1 aromatic rings. The normalized spacial score (nSPS) is 11.9. The van der Waals surface area contributed by atoms with Gasteiger partial charge in [0.1, 0.15) is 0 Å². The Morgan fingerprint density at radius 1 is 1.58 bits per heavy atom. The zero-order chi connectivity index (χ0) is 14.4. The number of hydrogen-bond donors (Lipinski definition) is 1. The average molecular weight is 287 g/mol. The first kappa shape index (κ1) is 15.4. The van der Waals surface area contributed by atoms with Crippen LogP contribution in [0.15, 0.2) is 18.2 Å². The minimum absolute atomic E-state index is 0.0612. The van der Waals surface area contributed by atoms with Gasteiger partial charge in [0, 0.05) is 25.8 Å². The Hall–Kier alpha value is -1.66. The third-order valence-corrected chi connectivity index (χ3v) is 2.78. The molecule has 1 rings (SSSR count). The molecule has 0 unspecified atom stereocenters. The molecule has 0 saturated carbocycles. The summed E-state index contributed by atoms with van der Waals surface area (Å²) < 4.78 is 4.96. The Kier molecular flexibility index (Phi) is 5.72. The molecule has 0 bridgehead atoms. The maximum atomic E-state index is 11.8. The predicted molar refractivity (Wildman–Crippen MR) is 71.5 cm³/mol. The van der Waals surface area contributed by atoms with Gasteiger partial charge in [-0.2, -0.15) is 0 Å². The molecule has 6 nitrogen and oxygen atoms in total. The maximum Gasteiger partial charge on any atom is 0.270 e. The number of methoxy groups -OCH3 is 1. The lowest BCUT2D eigenvalue weighted by Crippen LogP contribution is -2.30. The van der Waals surface area contributed by atoms with Gasteiger partial charge in [-0.25, -0.2) is 0 Å². The molecule has 19 heavy (non-hydrogen) atoms. The summed E-state index contributed by atoms with van der Waals surface area (Å²) in [6.07, 6.45) is 0. The fourth-order valence-corrected chi connectivity index (χ4v) is 1.77. The minimum Gasteiger partial charge on any atom is -0.384 e. The van der Waals surface area contributed by atoms with Crippen LogP contribution in [0.3, 0.4) is 0 Å². The molecule has 1 aromatic carbocycles. The SMILES string of the molecule is COC[C@H](C)CNC(=O)c1ccc([N+](=O)[O-])cc1Cl. The van der Waals surface area contributed by atoms with E-state index in [-0.39, 0.29) is 28.1 Å². The molecular formula is C12H15ClN2O4. The second-order valence-electron chi connectivity index (χ2n) is 4.19. The number of nitro groups is 1. The van der Waals surface area contributed by atoms with Crippen molar-refractivity contribution in [3.05, 3.63) is 38.9 Å². The zero-order valence-corrected chi connectivity index (χ0v) is 11.4. The van der Waals surface area contributed by atoms with Crippen LogP contribution in [-0.2, 0) is 4.74 Å². The van der Waals surface area contributed by atoms with Gasteiger partial charge in [0.2, 0.25) is 0 Å². The van der Waals surface area contributed by atoms with Gasteiger partial charge < -0.3 is 10.1 Å². The molecule has 7 heteroatoms. The van der Waals surface area contributed by atoms with Gasteiger partial charge in [0.05, 0.1) is 22.1 Å². The van der Waals surface area contributed by atoms with E-state index in [1.165, 1.54) is 12.1 Å². The lowest BCUT2D eigenvalue weighted by molar-refractivity contribution is -0.384. The number of amides is 1. The van der Waals surface area contributed by atoms with Crippen molar-refractivity contribution in [2.75, 3.05) is 20.3 Å². The smallest absolute Gasteiger partial charge is 0.270 e. The van der Waals surface area contributed by atoms with Crippen molar-refractivity contribution >= 4 is 23.2 Å². The molecule has 1 N–H and O–H groups in total. The topological polar surface area (TPSA) is 81.5 Å². The summed E-state index contributed by atoms with van der Waals surface area (Å²) in [7, 11) is 1.59. The Labute approximate surface area is 115 Å². The first-order valence-corrected chi connectivity index (χ1v) is 6.04. The second kappa shape index (κ2) is 7.06. The van der Waals surface area contributed by atoms with E-state index in [2.05, 4.69) is 5.32 Å². The number of carbonyl (C=O) groups excluding carboxylic acids is 1.